The van der Waals surface area contributed by atoms with Crippen molar-refractivity contribution in [3.8, 4) is 6.07 Å². The summed E-state index contributed by atoms with van der Waals surface area (Å²) in [5.74, 6) is 0.968. The van der Waals surface area contributed by atoms with Crippen molar-refractivity contribution in [1.29, 1.82) is 5.26 Å². The quantitative estimate of drug-likeness (QED) is 0.902. The molecular formula is C18H25N3. The maximum Gasteiger partial charge on any atom is 0.0991 e. The molecule has 3 nitrogen and oxygen atoms in total. The van der Waals surface area contributed by atoms with E-state index in [-0.39, 0.29) is 0 Å². The molecule has 0 bridgehead atoms. The maximum atomic E-state index is 9.03. The smallest absolute Gasteiger partial charge is 0.0991 e. The van der Waals surface area contributed by atoms with Crippen molar-refractivity contribution in [2.45, 2.75) is 44.7 Å². The van der Waals surface area contributed by atoms with Gasteiger partial charge in [-0.1, -0.05) is 12.1 Å². The molecule has 1 aromatic rings. The van der Waals surface area contributed by atoms with Crippen molar-refractivity contribution in [1.82, 2.24) is 10.2 Å². The van der Waals surface area contributed by atoms with Crippen LogP contribution in [-0.4, -0.2) is 30.6 Å². The molecule has 112 valence electrons. The Kier molecular flexibility index (Phi) is 4.57. The molecule has 0 radical (unpaired) electrons. The Morgan fingerprint density at radius 2 is 2.05 bits per heavy atom. The molecule has 2 aliphatic rings. The monoisotopic (exact) mass is 283 g/mol. The molecule has 1 saturated carbocycles. The van der Waals surface area contributed by atoms with Gasteiger partial charge in [-0.25, -0.2) is 0 Å². The zero-order valence-electron chi connectivity index (χ0n) is 12.9. The lowest BCUT2D eigenvalue weighted by molar-refractivity contribution is 0.152. The van der Waals surface area contributed by atoms with E-state index in [1.807, 2.05) is 18.2 Å². The molecular weight excluding hydrogens is 258 g/mol. The van der Waals surface area contributed by atoms with Gasteiger partial charge in [0.2, 0.25) is 0 Å². The van der Waals surface area contributed by atoms with Gasteiger partial charge in [0, 0.05) is 25.2 Å². The molecule has 1 unspecified atom stereocenters. The van der Waals surface area contributed by atoms with E-state index in [1.54, 1.807) is 0 Å². The minimum absolute atomic E-state index is 0.405. The maximum absolute atomic E-state index is 9.03. The van der Waals surface area contributed by atoms with E-state index in [2.05, 4.69) is 29.3 Å². The van der Waals surface area contributed by atoms with Crippen LogP contribution in [0, 0.1) is 17.2 Å². The Bertz CT molecular complexity index is 507. The van der Waals surface area contributed by atoms with Gasteiger partial charge >= 0.3 is 0 Å². The van der Waals surface area contributed by atoms with Crippen LogP contribution in [0.3, 0.4) is 0 Å². The summed E-state index contributed by atoms with van der Waals surface area (Å²) in [5.41, 5.74) is 2.03. The SMILES string of the molecule is CC(c1cccc(C#N)c1)N1CCC(NCC2CC2)CC1. The summed E-state index contributed by atoms with van der Waals surface area (Å²) in [7, 11) is 0. The number of piperidine rings is 1. The molecule has 0 amide bonds. The first-order valence-electron chi connectivity index (χ1n) is 8.24. The summed E-state index contributed by atoms with van der Waals surface area (Å²) in [6, 6.07) is 11.4. The Labute approximate surface area is 128 Å². The van der Waals surface area contributed by atoms with Gasteiger partial charge < -0.3 is 5.32 Å². The van der Waals surface area contributed by atoms with E-state index >= 15 is 0 Å². The van der Waals surface area contributed by atoms with Gasteiger partial charge in [-0.2, -0.15) is 5.26 Å². The first-order chi connectivity index (χ1) is 10.3. The topological polar surface area (TPSA) is 39.1 Å². The van der Waals surface area contributed by atoms with Crippen molar-refractivity contribution >= 4 is 0 Å². The number of benzene rings is 1. The average molecular weight is 283 g/mol. The summed E-state index contributed by atoms with van der Waals surface area (Å²) < 4.78 is 0. The number of rotatable bonds is 5. The molecule has 1 aliphatic carbocycles. The van der Waals surface area contributed by atoms with Gasteiger partial charge in [-0.05, 0) is 62.8 Å². The summed E-state index contributed by atoms with van der Waals surface area (Å²) in [6.45, 7) is 5.79. The van der Waals surface area contributed by atoms with Crippen molar-refractivity contribution < 1.29 is 0 Å². The van der Waals surface area contributed by atoms with Crippen LogP contribution in [0.25, 0.3) is 0 Å². The molecule has 1 heterocycles. The van der Waals surface area contributed by atoms with Crippen molar-refractivity contribution in [3.05, 3.63) is 35.4 Å². The standard InChI is InChI=1S/C18H25N3/c1-14(17-4-2-3-16(11-17)12-19)21-9-7-18(8-10-21)20-13-15-5-6-15/h2-4,11,14-15,18,20H,5-10,13H2,1H3. The van der Waals surface area contributed by atoms with Crippen LogP contribution in [0.1, 0.15) is 49.8 Å². The minimum atomic E-state index is 0.405. The van der Waals surface area contributed by atoms with E-state index < -0.39 is 0 Å². The second-order valence-corrected chi connectivity index (χ2v) is 6.58. The molecule has 1 N–H and O–H groups in total. The molecule has 1 aromatic carbocycles. The predicted molar refractivity (Wildman–Crippen MR) is 84.9 cm³/mol. The van der Waals surface area contributed by atoms with Crippen molar-refractivity contribution in [2.24, 2.45) is 5.92 Å². The van der Waals surface area contributed by atoms with Gasteiger partial charge in [-0.3, -0.25) is 4.90 Å². The molecule has 1 atom stereocenters. The van der Waals surface area contributed by atoms with E-state index in [0.717, 1.165) is 24.6 Å². The third-order valence-corrected chi connectivity index (χ3v) is 4.97. The molecule has 3 rings (SSSR count). The molecule has 0 spiro atoms. The minimum Gasteiger partial charge on any atom is -0.314 e. The van der Waals surface area contributed by atoms with Gasteiger partial charge in [0.1, 0.15) is 0 Å². The van der Waals surface area contributed by atoms with Crippen LogP contribution >= 0.6 is 0 Å². The summed E-state index contributed by atoms with van der Waals surface area (Å²) >= 11 is 0. The normalized spacial score (nSPS) is 21.9. The van der Waals surface area contributed by atoms with E-state index in [0.29, 0.717) is 12.1 Å². The Morgan fingerprint density at radius 1 is 1.29 bits per heavy atom. The highest BCUT2D eigenvalue weighted by atomic mass is 15.2. The number of nitrogens with zero attached hydrogens (tertiary/aromatic N) is 2. The fourth-order valence-electron chi connectivity index (χ4n) is 3.23. The van der Waals surface area contributed by atoms with E-state index in [9.17, 15) is 0 Å². The zero-order chi connectivity index (χ0) is 14.7. The molecule has 2 fully saturated rings. The third kappa shape index (κ3) is 3.84. The third-order valence-electron chi connectivity index (χ3n) is 4.97. The molecule has 1 aliphatic heterocycles. The fraction of sp³-hybridized carbons (Fsp3) is 0.611. The van der Waals surface area contributed by atoms with Gasteiger partial charge in [0.15, 0.2) is 0 Å². The number of hydrogen-bond acceptors (Lipinski definition) is 3. The lowest BCUT2D eigenvalue weighted by Gasteiger charge is -2.36. The first kappa shape index (κ1) is 14.6. The predicted octanol–water partition coefficient (Wildman–Crippen LogP) is 3.08. The Hall–Kier alpha value is -1.37. The highest BCUT2D eigenvalue weighted by Gasteiger charge is 2.26. The van der Waals surface area contributed by atoms with Gasteiger partial charge in [0.05, 0.1) is 11.6 Å². The van der Waals surface area contributed by atoms with Crippen LogP contribution in [0.5, 0.6) is 0 Å². The van der Waals surface area contributed by atoms with Crippen LogP contribution in [0.15, 0.2) is 24.3 Å². The van der Waals surface area contributed by atoms with Crippen LogP contribution in [0.4, 0.5) is 0 Å². The van der Waals surface area contributed by atoms with Crippen LogP contribution in [-0.2, 0) is 0 Å². The first-order valence-corrected chi connectivity index (χ1v) is 8.24. The van der Waals surface area contributed by atoms with E-state index in [1.165, 1.54) is 37.8 Å². The largest absolute Gasteiger partial charge is 0.314 e. The zero-order valence-corrected chi connectivity index (χ0v) is 12.9. The Balaban J connectivity index is 1.51. The fourth-order valence-corrected chi connectivity index (χ4v) is 3.23. The van der Waals surface area contributed by atoms with Crippen molar-refractivity contribution in [3.63, 3.8) is 0 Å². The lowest BCUT2D eigenvalue weighted by atomic mass is 9.99. The summed E-state index contributed by atoms with van der Waals surface area (Å²) in [5, 5.41) is 12.8. The second kappa shape index (κ2) is 6.60. The van der Waals surface area contributed by atoms with Crippen LogP contribution in [0.2, 0.25) is 0 Å². The molecule has 21 heavy (non-hydrogen) atoms. The van der Waals surface area contributed by atoms with E-state index in [4.69, 9.17) is 5.26 Å². The number of hydrogen-bond donors (Lipinski definition) is 1. The second-order valence-electron chi connectivity index (χ2n) is 6.58. The van der Waals surface area contributed by atoms with Crippen LogP contribution < -0.4 is 5.32 Å². The lowest BCUT2D eigenvalue weighted by Crippen LogP contribution is -2.43. The summed E-state index contributed by atoms with van der Waals surface area (Å²) in [6.07, 6.45) is 5.35. The Morgan fingerprint density at radius 3 is 2.71 bits per heavy atom. The summed E-state index contributed by atoms with van der Waals surface area (Å²) in [4.78, 5) is 2.55. The highest BCUT2D eigenvalue weighted by Crippen LogP contribution is 2.29. The number of likely N-dealkylation sites (tertiary alicyclic amines) is 1. The van der Waals surface area contributed by atoms with Gasteiger partial charge in [-0.15, -0.1) is 0 Å². The molecule has 1 saturated heterocycles. The number of nitrogens with one attached hydrogen (secondary N) is 1. The van der Waals surface area contributed by atoms with Crippen molar-refractivity contribution in [2.75, 3.05) is 19.6 Å². The van der Waals surface area contributed by atoms with Gasteiger partial charge in [0.25, 0.3) is 0 Å². The molecule has 0 aromatic heterocycles. The average Bonchev–Trinajstić information content (AvgIpc) is 3.37. The highest BCUT2D eigenvalue weighted by molar-refractivity contribution is 5.34. The molecule has 3 heteroatoms. The number of nitriles is 1.